The second-order valence-corrected chi connectivity index (χ2v) is 5.04. The Morgan fingerprint density at radius 1 is 1.52 bits per heavy atom. The van der Waals surface area contributed by atoms with Gasteiger partial charge in [-0.2, -0.15) is 4.68 Å². The predicted octanol–water partition coefficient (Wildman–Crippen LogP) is -0.945. The van der Waals surface area contributed by atoms with Crippen LogP contribution in [0.4, 0.5) is 5.82 Å². The van der Waals surface area contributed by atoms with E-state index in [9.17, 15) is 24.5 Å². The van der Waals surface area contributed by atoms with Crippen LogP contribution in [-0.2, 0) is 20.9 Å². The molecular weight excluding hydrogens is 282 g/mol. The van der Waals surface area contributed by atoms with Gasteiger partial charge in [0.2, 0.25) is 11.8 Å². The molecule has 112 valence electrons. The molecular formula is C11H13N5O5. The molecule has 0 atom stereocenters. The highest BCUT2D eigenvalue weighted by Gasteiger charge is 2.43. The number of hydrogen-bond acceptors (Lipinski definition) is 6. The van der Waals surface area contributed by atoms with Gasteiger partial charge in [-0.25, -0.2) is 0 Å². The third-order valence-electron chi connectivity index (χ3n) is 3.20. The largest absolute Gasteiger partial charge is 0.389 e. The molecule has 1 aromatic rings. The van der Waals surface area contributed by atoms with Crippen molar-refractivity contribution in [2.75, 3.05) is 6.54 Å². The molecule has 2 heterocycles. The van der Waals surface area contributed by atoms with Gasteiger partial charge in [0, 0.05) is 0 Å². The maximum atomic E-state index is 12.2. The lowest BCUT2D eigenvalue weighted by atomic mass is 9.98. The van der Waals surface area contributed by atoms with Crippen molar-refractivity contribution in [1.29, 1.82) is 0 Å². The molecule has 10 heteroatoms. The number of rotatable bonds is 3. The highest BCUT2D eigenvalue weighted by Crippen LogP contribution is 2.19. The topological polar surface area (TPSA) is 127 Å². The van der Waals surface area contributed by atoms with Gasteiger partial charge in [0.25, 0.3) is 5.91 Å². The fourth-order valence-corrected chi connectivity index (χ4v) is 1.94. The number of piperazine rings is 1. The molecule has 1 aliphatic heterocycles. The van der Waals surface area contributed by atoms with Crippen LogP contribution in [-0.4, -0.2) is 49.4 Å². The third-order valence-corrected chi connectivity index (χ3v) is 3.20. The highest BCUT2D eigenvalue weighted by molar-refractivity contribution is 6.06. The summed E-state index contributed by atoms with van der Waals surface area (Å²) in [5.74, 6) is -2.05. The van der Waals surface area contributed by atoms with E-state index in [0.717, 1.165) is 15.6 Å². The minimum atomic E-state index is -1.18. The monoisotopic (exact) mass is 295 g/mol. The minimum Gasteiger partial charge on any atom is -0.358 e. The summed E-state index contributed by atoms with van der Waals surface area (Å²) in [5.41, 5.74) is -1.18. The third kappa shape index (κ3) is 2.73. The molecule has 0 bridgehead atoms. The number of imide groups is 1. The summed E-state index contributed by atoms with van der Waals surface area (Å²) in [6, 6.07) is 1.16. The number of carbonyl (C=O) groups excluding carboxylic acids is 3. The van der Waals surface area contributed by atoms with Gasteiger partial charge < -0.3 is 15.0 Å². The lowest BCUT2D eigenvalue weighted by Crippen LogP contribution is -2.65. The van der Waals surface area contributed by atoms with E-state index < -0.39 is 28.2 Å². The molecule has 21 heavy (non-hydrogen) atoms. The zero-order valence-electron chi connectivity index (χ0n) is 11.4. The highest BCUT2D eigenvalue weighted by atomic mass is 16.6. The van der Waals surface area contributed by atoms with Crippen molar-refractivity contribution in [3.05, 3.63) is 22.4 Å². The van der Waals surface area contributed by atoms with E-state index in [2.05, 4.69) is 10.4 Å². The summed E-state index contributed by atoms with van der Waals surface area (Å²) in [6.07, 6.45) is 1.29. The number of amides is 3. The molecule has 1 aliphatic rings. The summed E-state index contributed by atoms with van der Waals surface area (Å²) in [4.78, 5) is 46.3. The molecule has 1 saturated heterocycles. The molecule has 0 unspecified atom stereocenters. The molecule has 3 amide bonds. The minimum absolute atomic E-state index is 0.249. The van der Waals surface area contributed by atoms with Crippen LogP contribution in [0.1, 0.15) is 13.8 Å². The van der Waals surface area contributed by atoms with E-state index in [1.165, 1.54) is 20.0 Å². The second kappa shape index (κ2) is 4.96. The predicted molar refractivity (Wildman–Crippen MR) is 67.8 cm³/mol. The molecule has 1 fully saturated rings. The number of carbonyl (C=O) groups is 3. The first-order valence-corrected chi connectivity index (χ1v) is 6.04. The van der Waals surface area contributed by atoms with Crippen molar-refractivity contribution in [2.24, 2.45) is 0 Å². The lowest BCUT2D eigenvalue weighted by Gasteiger charge is -2.39. The number of nitrogens with zero attached hydrogens (tertiary/aromatic N) is 4. The van der Waals surface area contributed by atoms with Crippen LogP contribution in [0.25, 0.3) is 0 Å². The Hall–Kier alpha value is -2.78. The van der Waals surface area contributed by atoms with E-state index in [4.69, 9.17) is 0 Å². The Kier molecular flexibility index (Phi) is 3.45. The summed E-state index contributed by atoms with van der Waals surface area (Å²) in [5, 5.41) is 16.3. The maximum Gasteiger partial charge on any atom is 0.389 e. The Balaban J connectivity index is 2.16. The summed E-state index contributed by atoms with van der Waals surface area (Å²) >= 11 is 0. The Morgan fingerprint density at radius 3 is 2.76 bits per heavy atom. The number of aromatic nitrogens is 2. The Bertz CT molecular complexity index is 635. The molecule has 10 nitrogen and oxygen atoms in total. The van der Waals surface area contributed by atoms with Crippen molar-refractivity contribution >= 4 is 23.5 Å². The first kappa shape index (κ1) is 14.6. The zero-order valence-corrected chi connectivity index (χ0v) is 11.4. The zero-order chi connectivity index (χ0) is 15.8. The van der Waals surface area contributed by atoms with Gasteiger partial charge in [0.05, 0.1) is 17.4 Å². The van der Waals surface area contributed by atoms with Crippen LogP contribution in [0.2, 0.25) is 0 Å². The molecule has 2 rings (SSSR count). The fourth-order valence-electron chi connectivity index (χ4n) is 1.94. The van der Waals surface area contributed by atoms with Crippen molar-refractivity contribution in [3.8, 4) is 0 Å². The Labute approximate surface area is 118 Å². The van der Waals surface area contributed by atoms with E-state index in [0.29, 0.717) is 0 Å². The average molecular weight is 295 g/mol. The van der Waals surface area contributed by atoms with Crippen LogP contribution in [0.5, 0.6) is 0 Å². The van der Waals surface area contributed by atoms with E-state index in [1.807, 2.05) is 0 Å². The summed E-state index contributed by atoms with van der Waals surface area (Å²) < 4.78 is 1.09. The van der Waals surface area contributed by atoms with Crippen LogP contribution < -0.4 is 5.32 Å². The maximum absolute atomic E-state index is 12.2. The van der Waals surface area contributed by atoms with E-state index >= 15 is 0 Å². The molecule has 0 aromatic carbocycles. The second-order valence-electron chi connectivity index (χ2n) is 5.04. The Morgan fingerprint density at radius 2 is 2.19 bits per heavy atom. The summed E-state index contributed by atoms with van der Waals surface area (Å²) in [7, 11) is 0. The quantitative estimate of drug-likeness (QED) is 0.435. The molecule has 0 radical (unpaired) electrons. The van der Waals surface area contributed by atoms with Crippen molar-refractivity contribution < 1.29 is 19.3 Å². The number of nitro groups is 1. The van der Waals surface area contributed by atoms with Crippen LogP contribution in [0, 0.1) is 10.1 Å². The van der Waals surface area contributed by atoms with Crippen LogP contribution >= 0.6 is 0 Å². The van der Waals surface area contributed by atoms with E-state index in [1.54, 1.807) is 0 Å². The molecule has 0 saturated carbocycles. The first-order chi connectivity index (χ1) is 9.71. The van der Waals surface area contributed by atoms with Crippen molar-refractivity contribution in [3.63, 3.8) is 0 Å². The van der Waals surface area contributed by atoms with E-state index in [-0.39, 0.29) is 18.9 Å². The van der Waals surface area contributed by atoms with Gasteiger partial charge in [-0.05, 0) is 18.8 Å². The van der Waals surface area contributed by atoms with Crippen molar-refractivity contribution in [1.82, 2.24) is 20.0 Å². The fraction of sp³-hybridized carbons (Fsp3) is 0.455. The lowest BCUT2D eigenvalue weighted by molar-refractivity contribution is -0.389. The normalized spacial score (nSPS) is 17.5. The average Bonchev–Trinajstić information content (AvgIpc) is 2.82. The summed E-state index contributed by atoms with van der Waals surface area (Å²) in [6.45, 7) is 2.48. The van der Waals surface area contributed by atoms with Gasteiger partial charge in [-0.1, -0.05) is 0 Å². The van der Waals surface area contributed by atoms with Crippen LogP contribution in [0.3, 0.4) is 0 Å². The van der Waals surface area contributed by atoms with Gasteiger partial charge in [0.15, 0.2) is 0 Å². The SMILES string of the molecule is CC1(C)C(=O)NC(=O)CN1C(=O)Cn1ccc([N+](=O)[O-])n1. The molecule has 0 aliphatic carbocycles. The van der Waals surface area contributed by atoms with Crippen LogP contribution in [0.15, 0.2) is 12.3 Å². The first-order valence-electron chi connectivity index (χ1n) is 6.04. The van der Waals surface area contributed by atoms with Gasteiger partial charge in [-0.15, -0.1) is 0 Å². The smallest absolute Gasteiger partial charge is 0.358 e. The number of nitrogens with one attached hydrogen (secondary N) is 1. The standard InChI is InChI=1S/C11H13N5O5/c1-11(2)10(19)12-8(17)5-15(11)9(18)6-14-4-3-7(13-14)16(20)21/h3-4H,5-6H2,1-2H3,(H,12,17,19). The van der Waals surface area contributed by atoms with Crippen molar-refractivity contribution in [2.45, 2.75) is 25.9 Å². The van der Waals surface area contributed by atoms with Gasteiger partial charge >= 0.3 is 5.82 Å². The number of hydrogen-bond donors (Lipinski definition) is 1. The van der Waals surface area contributed by atoms with Gasteiger partial charge in [-0.3, -0.25) is 19.7 Å². The van der Waals surface area contributed by atoms with Gasteiger partial charge in [0.1, 0.15) is 18.6 Å². The molecule has 1 aromatic heterocycles. The molecule has 0 spiro atoms. The molecule has 1 N–H and O–H groups in total.